The van der Waals surface area contributed by atoms with E-state index in [2.05, 4.69) is 25.4 Å². The van der Waals surface area contributed by atoms with Crippen LogP contribution in [0.15, 0.2) is 22.8 Å². The van der Waals surface area contributed by atoms with E-state index >= 15 is 0 Å². The average Bonchev–Trinajstić information content (AvgIpc) is 3.10. The molecule has 2 aromatic heterocycles. The van der Waals surface area contributed by atoms with Gasteiger partial charge in [-0.25, -0.2) is 4.79 Å². The zero-order valence-electron chi connectivity index (χ0n) is 13.4. The van der Waals surface area contributed by atoms with Crippen molar-refractivity contribution in [1.29, 1.82) is 0 Å². The summed E-state index contributed by atoms with van der Waals surface area (Å²) in [7, 11) is 0. The average molecular weight is 317 g/mol. The Hall–Kier alpha value is -2.31. The molecule has 3 rings (SSSR count). The normalized spacial score (nSPS) is 15.5. The van der Waals surface area contributed by atoms with Gasteiger partial charge in [-0.2, -0.15) is 0 Å². The van der Waals surface area contributed by atoms with Crippen molar-refractivity contribution in [1.82, 2.24) is 25.4 Å². The number of hydrogen-bond acceptors (Lipinski definition) is 4. The molecular weight excluding hydrogens is 294 g/mol. The fraction of sp³-hybridized carbons (Fsp3) is 0.562. The number of carbonyl (C=O) groups is 1. The van der Waals surface area contributed by atoms with E-state index in [1.54, 1.807) is 6.26 Å². The molecule has 0 aliphatic carbocycles. The molecule has 7 nitrogen and oxygen atoms in total. The SMILES string of the molecule is CC(Cc1ccco1)NC(=O)NCc1nnc2n1CCCCC2. The van der Waals surface area contributed by atoms with E-state index in [0.717, 1.165) is 43.2 Å². The van der Waals surface area contributed by atoms with Gasteiger partial charge in [-0.05, 0) is 31.9 Å². The van der Waals surface area contributed by atoms with Crippen molar-refractivity contribution < 1.29 is 9.21 Å². The molecule has 7 heteroatoms. The van der Waals surface area contributed by atoms with Crippen LogP contribution in [-0.4, -0.2) is 26.8 Å². The molecule has 124 valence electrons. The fourth-order valence-corrected chi connectivity index (χ4v) is 2.89. The van der Waals surface area contributed by atoms with Crippen LogP contribution < -0.4 is 10.6 Å². The van der Waals surface area contributed by atoms with Crippen molar-refractivity contribution in [3.05, 3.63) is 35.8 Å². The predicted octanol–water partition coefficient (Wildman–Crippen LogP) is 2.03. The highest BCUT2D eigenvalue weighted by Crippen LogP contribution is 2.14. The Bertz CT molecular complexity index is 635. The molecule has 1 unspecified atom stereocenters. The molecule has 0 spiro atoms. The minimum absolute atomic E-state index is 0.00309. The summed E-state index contributed by atoms with van der Waals surface area (Å²) >= 11 is 0. The van der Waals surface area contributed by atoms with Gasteiger partial charge in [-0.3, -0.25) is 0 Å². The number of furan rings is 1. The molecule has 0 saturated carbocycles. The van der Waals surface area contributed by atoms with Crippen LogP contribution in [0.1, 0.15) is 43.6 Å². The molecule has 3 heterocycles. The number of rotatable bonds is 5. The van der Waals surface area contributed by atoms with E-state index in [1.807, 2.05) is 19.1 Å². The van der Waals surface area contributed by atoms with Gasteiger partial charge in [0.25, 0.3) is 0 Å². The summed E-state index contributed by atoms with van der Waals surface area (Å²) in [5.41, 5.74) is 0. The Kier molecular flexibility index (Phi) is 4.95. The first-order valence-electron chi connectivity index (χ1n) is 8.20. The van der Waals surface area contributed by atoms with Gasteiger partial charge in [0.15, 0.2) is 5.82 Å². The van der Waals surface area contributed by atoms with E-state index in [0.29, 0.717) is 13.0 Å². The minimum Gasteiger partial charge on any atom is -0.469 e. The molecule has 1 atom stereocenters. The molecule has 0 bridgehead atoms. The lowest BCUT2D eigenvalue weighted by Gasteiger charge is -2.13. The Balaban J connectivity index is 1.48. The van der Waals surface area contributed by atoms with Crippen LogP contribution in [0.4, 0.5) is 4.79 Å². The second-order valence-electron chi connectivity index (χ2n) is 6.01. The number of nitrogens with one attached hydrogen (secondary N) is 2. The zero-order valence-corrected chi connectivity index (χ0v) is 13.4. The van der Waals surface area contributed by atoms with Gasteiger partial charge in [-0.1, -0.05) is 6.42 Å². The lowest BCUT2D eigenvalue weighted by atomic mass is 10.2. The first-order chi connectivity index (χ1) is 11.2. The molecule has 23 heavy (non-hydrogen) atoms. The van der Waals surface area contributed by atoms with Crippen LogP contribution in [0.5, 0.6) is 0 Å². The van der Waals surface area contributed by atoms with Crippen molar-refractivity contribution in [2.45, 2.75) is 58.2 Å². The summed E-state index contributed by atoms with van der Waals surface area (Å²) in [5, 5.41) is 14.2. The second kappa shape index (κ2) is 7.30. The summed E-state index contributed by atoms with van der Waals surface area (Å²) in [6, 6.07) is 3.55. The largest absolute Gasteiger partial charge is 0.469 e. The van der Waals surface area contributed by atoms with Gasteiger partial charge in [0.1, 0.15) is 11.6 Å². The molecule has 0 aromatic carbocycles. The fourth-order valence-electron chi connectivity index (χ4n) is 2.89. The van der Waals surface area contributed by atoms with Crippen LogP contribution >= 0.6 is 0 Å². The minimum atomic E-state index is -0.199. The van der Waals surface area contributed by atoms with E-state index < -0.39 is 0 Å². The molecule has 0 fully saturated rings. The second-order valence-corrected chi connectivity index (χ2v) is 6.01. The lowest BCUT2D eigenvalue weighted by molar-refractivity contribution is 0.236. The summed E-state index contributed by atoms with van der Waals surface area (Å²) in [6.07, 6.45) is 6.81. The highest BCUT2D eigenvalue weighted by Gasteiger charge is 2.15. The zero-order chi connectivity index (χ0) is 16.1. The first-order valence-corrected chi connectivity index (χ1v) is 8.20. The third kappa shape index (κ3) is 4.12. The number of fused-ring (bicyclic) bond motifs is 1. The Morgan fingerprint density at radius 3 is 3.13 bits per heavy atom. The van der Waals surface area contributed by atoms with Crippen LogP contribution in [0.2, 0.25) is 0 Å². The van der Waals surface area contributed by atoms with E-state index in [-0.39, 0.29) is 12.1 Å². The van der Waals surface area contributed by atoms with Crippen LogP contribution in [0.25, 0.3) is 0 Å². The maximum Gasteiger partial charge on any atom is 0.315 e. The lowest BCUT2D eigenvalue weighted by Crippen LogP contribution is -2.41. The van der Waals surface area contributed by atoms with Crippen LogP contribution in [0.3, 0.4) is 0 Å². The van der Waals surface area contributed by atoms with E-state index in [4.69, 9.17) is 4.42 Å². The topological polar surface area (TPSA) is 85.0 Å². The summed E-state index contributed by atoms with van der Waals surface area (Å²) in [4.78, 5) is 12.0. The Morgan fingerprint density at radius 2 is 2.30 bits per heavy atom. The smallest absolute Gasteiger partial charge is 0.315 e. The molecule has 2 aromatic rings. The van der Waals surface area contributed by atoms with Gasteiger partial charge >= 0.3 is 6.03 Å². The van der Waals surface area contributed by atoms with Gasteiger partial charge in [-0.15, -0.1) is 10.2 Å². The number of nitrogens with zero attached hydrogens (tertiary/aromatic N) is 3. The maximum atomic E-state index is 12.0. The standard InChI is InChI=1S/C16H23N5O2/c1-12(10-13-6-5-9-23-13)18-16(22)17-11-15-20-19-14-7-3-2-4-8-21(14)15/h5-6,9,12H,2-4,7-8,10-11H2,1H3,(H2,17,18,22). The Labute approximate surface area is 135 Å². The maximum absolute atomic E-state index is 12.0. The third-order valence-corrected chi connectivity index (χ3v) is 4.06. The summed E-state index contributed by atoms with van der Waals surface area (Å²) in [6.45, 7) is 3.29. The van der Waals surface area contributed by atoms with Crippen molar-refractivity contribution >= 4 is 6.03 Å². The van der Waals surface area contributed by atoms with E-state index in [1.165, 1.54) is 6.42 Å². The molecule has 2 amide bonds. The highest BCUT2D eigenvalue weighted by atomic mass is 16.3. The van der Waals surface area contributed by atoms with E-state index in [9.17, 15) is 4.79 Å². The highest BCUT2D eigenvalue weighted by molar-refractivity contribution is 5.74. The number of carbonyl (C=O) groups excluding carboxylic acids is 1. The summed E-state index contributed by atoms with van der Waals surface area (Å²) in [5.74, 6) is 2.72. The number of amides is 2. The first kappa shape index (κ1) is 15.6. The number of aryl methyl sites for hydroxylation is 1. The molecule has 0 saturated heterocycles. The number of hydrogen-bond donors (Lipinski definition) is 2. The van der Waals surface area contributed by atoms with Gasteiger partial charge in [0, 0.05) is 25.4 Å². The van der Waals surface area contributed by atoms with Gasteiger partial charge in [0.2, 0.25) is 0 Å². The summed E-state index contributed by atoms with van der Waals surface area (Å²) < 4.78 is 7.42. The quantitative estimate of drug-likeness (QED) is 0.883. The van der Waals surface area contributed by atoms with Crippen molar-refractivity contribution in [2.75, 3.05) is 0 Å². The molecule has 1 aliphatic rings. The molecule has 0 radical (unpaired) electrons. The van der Waals surface area contributed by atoms with Crippen LogP contribution in [-0.2, 0) is 25.9 Å². The molecule has 2 N–H and O–H groups in total. The monoisotopic (exact) mass is 317 g/mol. The third-order valence-electron chi connectivity index (χ3n) is 4.06. The number of aromatic nitrogens is 3. The van der Waals surface area contributed by atoms with Gasteiger partial charge in [0.05, 0.1) is 12.8 Å². The van der Waals surface area contributed by atoms with Gasteiger partial charge < -0.3 is 19.6 Å². The van der Waals surface area contributed by atoms with Crippen molar-refractivity contribution in [2.24, 2.45) is 0 Å². The Morgan fingerprint density at radius 1 is 1.39 bits per heavy atom. The predicted molar refractivity (Wildman–Crippen MR) is 84.8 cm³/mol. The van der Waals surface area contributed by atoms with Crippen molar-refractivity contribution in [3.8, 4) is 0 Å². The van der Waals surface area contributed by atoms with Crippen molar-refractivity contribution in [3.63, 3.8) is 0 Å². The molecular formula is C16H23N5O2. The number of urea groups is 1. The van der Waals surface area contributed by atoms with Crippen LogP contribution in [0, 0.1) is 0 Å². The molecule has 1 aliphatic heterocycles.